The van der Waals surface area contributed by atoms with Gasteiger partial charge in [0.2, 0.25) is 0 Å². The molecule has 182 valence electrons. The molecule has 0 aliphatic rings. The minimum Gasteiger partial charge on any atom is -0.465 e. The molecule has 0 aliphatic heterocycles. The van der Waals surface area contributed by atoms with Crippen molar-refractivity contribution in [3.05, 3.63) is 0 Å². The van der Waals surface area contributed by atoms with E-state index in [2.05, 4.69) is 10.9 Å². The van der Waals surface area contributed by atoms with E-state index in [-0.39, 0.29) is 0 Å². The summed E-state index contributed by atoms with van der Waals surface area (Å²) < 4.78 is 208. The zero-order valence-electron chi connectivity index (χ0n) is 12.9. The molecule has 0 saturated carbocycles. The lowest BCUT2D eigenvalue weighted by atomic mass is 9.94. The van der Waals surface area contributed by atoms with Crippen molar-refractivity contribution in [2.24, 2.45) is 10.9 Å². The van der Waals surface area contributed by atoms with Crippen molar-refractivity contribution in [1.82, 2.24) is 0 Å². The van der Waals surface area contributed by atoms with E-state index in [1.165, 1.54) is 0 Å². The molecule has 0 spiro atoms. The molecule has 22 heteroatoms. The van der Waals surface area contributed by atoms with Crippen molar-refractivity contribution in [1.29, 1.82) is 0 Å². The molecule has 6 nitrogen and oxygen atoms in total. The van der Waals surface area contributed by atoms with E-state index in [1.54, 1.807) is 0 Å². The Hall–Kier alpha value is -1.87. The van der Waals surface area contributed by atoms with Crippen LogP contribution in [0.1, 0.15) is 0 Å². The highest BCUT2D eigenvalue weighted by molar-refractivity contribution is 7.90. The van der Waals surface area contributed by atoms with Crippen LogP contribution in [-0.4, -0.2) is 60.7 Å². The Balaban J connectivity index is 0. The van der Waals surface area contributed by atoms with Crippen LogP contribution in [0.4, 0.5) is 70.7 Å². The Kier molecular flexibility index (Phi) is 7.76. The summed E-state index contributed by atoms with van der Waals surface area (Å²) in [4.78, 5) is 8.78. The zero-order chi connectivity index (χ0) is 25.6. The molecule has 0 radical (unpaired) electrons. The fourth-order valence-corrected chi connectivity index (χ4v) is 1.62. The number of hydrogen-bond acceptors (Lipinski definition) is 3. The monoisotopic (exact) mass is 510 g/mol. The quantitative estimate of drug-likeness (QED) is 0.475. The number of primary sulfonamides is 1. The number of alkyl halides is 15. The van der Waals surface area contributed by atoms with Crippen LogP contribution in [0.3, 0.4) is 0 Å². The third-order valence-corrected chi connectivity index (χ3v) is 3.63. The first-order chi connectivity index (χ1) is 12.5. The van der Waals surface area contributed by atoms with Crippen LogP contribution in [0.5, 0.6) is 0 Å². The van der Waals surface area contributed by atoms with Gasteiger partial charge in [-0.25, -0.2) is 18.4 Å². The molecule has 0 bridgehead atoms. The number of carbonyl (C=O) groups is 1. The van der Waals surface area contributed by atoms with Crippen molar-refractivity contribution in [2.75, 3.05) is 0 Å². The molecule has 0 atom stereocenters. The molecule has 0 aromatic heterocycles. The Labute approximate surface area is 153 Å². The molecule has 1 amide bonds. The molecular formula is C8H5F15N2O4S. The van der Waals surface area contributed by atoms with Gasteiger partial charge in [-0.1, -0.05) is 0 Å². The van der Waals surface area contributed by atoms with Crippen molar-refractivity contribution in [3.8, 4) is 0 Å². The molecule has 0 rings (SSSR count). The second-order valence-electron chi connectivity index (χ2n) is 4.77. The molecule has 0 fully saturated rings. The van der Waals surface area contributed by atoms with Gasteiger partial charge in [-0.2, -0.15) is 65.9 Å². The third kappa shape index (κ3) is 4.42. The Morgan fingerprint density at radius 2 is 0.800 bits per heavy atom. The summed E-state index contributed by atoms with van der Waals surface area (Å²) in [6, 6.07) is 0. The lowest BCUT2D eigenvalue weighted by Crippen LogP contribution is -2.73. The van der Waals surface area contributed by atoms with Gasteiger partial charge in [0, 0.05) is 0 Å². The smallest absolute Gasteiger partial charge is 0.460 e. The summed E-state index contributed by atoms with van der Waals surface area (Å²) in [5.74, 6) is -41.7. The van der Waals surface area contributed by atoms with Crippen molar-refractivity contribution in [3.63, 3.8) is 0 Å². The minimum absolute atomic E-state index is 1.33. The number of nitrogens with two attached hydrogens (primary N) is 2. The molecule has 0 aliphatic carbocycles. The van der Waals surface area contributed by atoms with Crippen molar-refractivity contribution < 1.29 is 84.2 Å². The predicted molar refractivity (Wildman–Crippen MR) is 61.1 cm³/mol. The second kappa shape index (κ2) is 7.67. The molecular weight excluding hydrogens is 505 g/mol. The van der Waals surface area contributed by atoms with Crippen LogP contribution in [0.15, 0.2) is 0 Å². The summed E-state index contributed by atoms with van der Waals surface area (Å²) >= 11 is 0. The fraction of sp³-hybridized carbons (Fsp3) is 0.875. The number of halogens is 15. The normalized spacial score (nSPS) is 15.3. The molecule has 0 saturated heterocycles. The highest BCUT2D eigenvalue weighted by Gasteiger charge is 2.94. The topological polar surface area (TPSA) is 123 Å². The van der Waals surface area contributed by atoms with Crippen LogP contribution in [-0.2, 0) is 10.0 Å². The van der Waals surface area contributed by atoms with Gasteiger partial charge in [-0.3, -0.25) is 0 Å². The first kappa shape index (κ1) is 30.3. The fourth-order valence-electron chi connectivity index (χ4n) is 1.13. The van der Waals surface area contributed by atoms with Gasteiger partial charge in [0.15, 0.2) is 0 Å². The van der Waals surface area contributed by atoms with Gasteiger partial charge in [-0.05, 0) is 0 Å². The number of sulfonamides is 1. The van der Waals surface area contributed by atoms with E-state index in [4.69, 9.17) is 9.90 Å². The number of amides is 1. The van der Waals surface area contributed by atoms with E-state index < -0.39 is 57.2 Å². The summed E-state index contributed by atoms with van der Waals surface area (Å²) in [6.07, 6.45) is -9.06. The summed E-state index contributed by atoms with van der Waals surface area (Å²) in [5, 5.41) is 3.07. The van der Waals surface area contributed by atoms with Crippen LogP contribution >= 0.6 is 0 Å². The molecule has 0 aromatic rings. The highest BCUT2D eigenvalue weighted by atomic mass is 32.2. The standard InChI is InChI=1S/C7H2F15NO2S.CH3NO2/c8-1(9,2(10,11)4(14,15)6(18,19)20)3(12,13)5(16,17)7(21,22)26(23,24)25;2-1(3)4/h(H2,23,24,25);2H2,(H,3,4). The third-order valence-electron chi connectivity index (χ3n) is 2.66. The lowest BCUT2D eigenvalue weighted by molar-refractivity contribution is -0.447. The highest BCUT2D eigenvalue weighted by Crippen LogP contribution is 2.62. The van der Waals surface area contributed by atoms with Gasteiger partial charge in [-0.15, -0.1) is 0 Å². The predicted octanol–water partition coefficient (Wildman–Crippen LogP) is 3.23. The van der Waals surface area contributed by atoms with E-state index >= 15 is 0 Å². The first-order valence-corrected chi connectivity index (χ1v) is 7.37. The summed E-state index contributed by atoms with van der Waals surface area (Å²) in [7, 11) is -7.26. The van der Waals surface area contributed by atoms with Crippen LogP contribution < -0.4 is 10.9 Å². The molecule has 0 heterocycles. The van der Waals surface area contributed by atoms with Crippen molar-refractivity contribution in [2.45, 2.75) is 41.0 Å². The van der Waals surface area contributed by atoms with E-state index in [0.717, 1.165) is 0 Å². The van der Waals surface area contributed by atoms with Gasteiger partial charge in [0.25, 0.3) is 10.0 Å². The lowest BCUT2D eigenvalue weighted by Gasteiger charge is -2.40. The van der Waals surface area contributed by atoms with Gasteiger partial charge < -0.3 is 10.8 Å². The molecule has 0 unspecified atom stereocenters. The van der Waals surface area contributed by atoms with E-state index in [9.17, 15) is 74.3 Å². The van der Waals surface area contributed by atoms with Crippen LogP contribution in [0, 0.1) is 0 Å². The van der Waals surface area contributed by atoms with Crippen LogP contribution in [0.25, 0.3) is 0 Å². The number of primary amides is 1. The largest absolute Gasteiger partial charge is 0.465 e. The summed E-state index contributed by atoms with van der Waals surface area (Å²) in [6.45, 7) is 0. The number of hydrogen-bond donors (Lipinski definition) is 3. The summed E-state index contributed by atoms with van der Waals surface area (Å²) in [5.41, 5.74) is 4.03. The van der Waals surface area contributed by atoms with Gasteiger partial charge in [0.05, 0.1) is 0 Å². The van der Waals surface area contributed by atoms with E-state index in [1.807, 2.05) is 0 Å². The van der Waals surface area contributed by atoms with E-state index in [0.29, 0.717) is 0 Å². The Bertz CT molecular complexity index is 740. The maximum atomic E-state index is 12.9. The van der Waals surface area contributed by atoms with Gasteiger partial charge >= 0.3 is 47.1 Å². The molecule has 0 aromatic carbocycles. The zero-order valence-corrected chi connectivity index (χ0v) is 13.7. The second-order valence-corrected chi connectivity index (χ2v) is 6.37. The van der Waals surface area contributed by atoms with Crippen LogP contribution in [0.2, 0.25) is 0 Å². The molecule has 5 N–H and O–H groups in total. The maximum Gasteiger partial charge on any atom is 0.460 e. The molecule has 30 heavy (non-hydrogen) atoms. The SMILES string of the molecule is NC(=O)O.NS(=O)(=O)C(F)(F)C(F)(F)C(F)(F)C(F)(F)C(F)(F)C(F)(F)C(F)(F)F. The Morgan fingerprint density at radius 1 is 0.600 bits per heavy atom. The van der Waals surface area contributed by atoms with Gasteiger partial charge in [0.1, 0.15) is 0 Å². The number of rotatable bonds is 6. The maximum absolute atomic E-state index is 12.9. The minimum atomic E-state index is -8.54. The average molecular weight is 510 g/mol. The van der Waals surface area contributed by atoms with Crippen molar-refractivity contribution >= 4 is 16.1 Å². The average Bonchev–Trinajstić information content (AvgIpc) is 2.42. The number of carboxylic acid groups (broad SMARTS) is 1. The Morgan fingerprint density at radius 3 is 1.00 bits per heavy atom. The first-order valence-electron chi connectivity index (χ1n) is 5.82.